The van der Waals surface area contributed by atoms with Gasteiger partial charge in [-0.15, -0.1) is 0 Å². The molecule has 78 valence electrons. The molecule has 0 unspecified atom stereocenters. The van der Waals surface area contributed by atoms with Crippen LogP contribution in [0.3, 0.4) is 0 Å². The maximum absolute atomic E-state index is 13.4. The van der Waals surface area contributed by atoms with Gasteiger partial charge in [0.25, 0.3) is 0 Å². The molecule has 1 heterocycles. The number of hydrogen-bond donors (Lipinski definition) is 1. The molecular formula is C10H13BrFNO. The van der Waals surface area contributed by atoms with E-state index in [0.717, 1.165) is 0 Å². The zero-order valence-corrected chi connectivity index (χ0v) is 9.81. The second-order valence-electron chi connectivity index (χ2n) is 3.20. The van der Waals surface area contributed by atoms with Crippen molar-refractivity contribution in [1.29, 1.82) is 0 Å². The molecule has 0 aliphatic rings. The quantitative estimate of drug-likeness (QED) is 0.849. The lowest BCUT2D eigenvalue weighted by Crippen LogP contribution is -2.26. The van der Waals surface area contributed by atoms with Gasteiger partial charge in [-0.1, -0.05) is 29.8 Å². The van der Waals surface area contributed by atoms with Crippen LogP contribution in [0.15, 0.2) is 16.7 Å². The lowest BCUT2D eigenvalue weighted by atomic mass is 9.89. The van der Waals surface area contributed by atoms with Gasteiger partial charge in [0, 0.05) is 10.7 Å². The van der Waals surface area contributed by atoms with Crippen LogP contribution in [-0.2, 0) is 5.60 Å². The van der Waals surface area contributed by atoms with E-state index in [-0.39, 0.29) is 5.56 Å². The van der Waals surface area contributed by atoms with E-state index in [2.05, 4.69) is 20.9 Å². The molecule has 0 atom stereocenters. The summed E-state index contributed by atoms with van der Waals surface area (Å²) < 4.78 is 14.0. The van der Waals surface area contributed by atoms with Crippen molar-refractivity contribution in [1.82, 2.24) is 4.98 Å². The zero-order valence-electron chi connectivity index (χ0n) is 8.22. The van der Waals surface area contributed by atoms with Crippen LogP contribution in [0.2, 0.25) is 0 Å². The Morgan fingerprint density at radius 3 is 2.50 bits per heavy atom. The van der Waals surface area contributed by atoms with Gasteiger partial charge in [0.05, 0.1) is 11.2 Å². The number of hydrogen-bond acceptors (Lipinski definition) is 2. The Hall–Kier alpha value is -0.480. The van der Waals surface area contributed by atoms with Crippen LogP contribution in [0, 0.1) is 5.95 Å². The smallest absolute Gasteiger partial charge is 0.220 e. The fourth-order valence-electron chi connectivity index (χ4n) is 1.43. The van der Waals surface area contributed by atoms with Crippen LogP contribution in [-0.4, -0.2) is 10.1 Å². The van der Waals surface area contributed by atoms with Crippen molar-refractivity contribution in [3.05, 3.63) is 28.2 Å². The number of nitrogens with zero attached hydrogens (tertiary/aromatic N) is 1. The monoisotopic (exact) mass is 261 g/mol. The lowest BCUT2D eigenvalue weighted by Gasteiger charge is -2.26. The summed E-state index contributed by atoms with van der Waals surface area (Å²) >= 11 is 3.22. The van der Waals surface area contributed by atoms with Gasteiger partial charge >= 0.3 is 0 Å². The van der Waals surface area contributed by atoms with E-state index in [0.29, 0.717) is 17.3 Å². The first-order valence-corrected chi connectivity index (χ1v) is 5.37. The van der Waals surface area contributed by atoms with Crippen LogP contribution in [0.4, 0.5) is 4.39 Å². The van der Waals surface area contributed by atoms with E-state index < -0.39 is 11.5 Å². The summed E-state index contributed by atoms with van der Waals surface area (Å²) in [5.74, 6) is -0.606. The van der Waals surface area contributed by atoms with Gasteiger partial charge in [0.1, 0.15) is 0 Å². The molecule has 1 aromatic heterocycles. The average molecular weight is 262 g/mol. The van der Waals surface area contributed by atoms with Gasteiger partial charge in [0.15, 0.2) is 0 Å². The summed E-state index contributed by atoms with van der Waals surface area (Å²) in [6.45, 7) is 3.64. The minimum Gasteiger partial charge on any atom is -0.385 e. The van der Waals surface area contributed by atoms with Crippen molar-refractivity contribution < 1.29 is 9.50 Å². The lowest BCUT2D eigenvalue weighted by molar-refractivity contribution is 0.0233. The highest BCUT2D eigenvalue weighted by atomic mass is 79.9. The highest BCUT2D eigenvalue weighted by Crippen LogP contribution is 2.34. The number of halogens is 2. The van der Waals surface area contributed by atoms with Crippen molar-refractivity contribution in [3.8, 4) is 0 Å². The molecule has 0 saturated carbocycles. The second kappa shape index (κ2) is 4.36. The summed E-state index contributed by atoms with van der Waals surface area (Å²) in [6.07, 6.45) is 2.30. The fourth-order valence-corrected chi connectivity index (χ4v) is 2.08. The molecule has 0 aromatic carbocycles. The second-order valence-corrected chi connectivity index (χ2v) is 4.05. The molecular weight excluding hydrogens is 249 g/mol. The van der Waals surface area contributed by atoms with Gasteiger partial charge in [-0.3, -0.25) is 0 Å². The third-order valence-corrected chi connectivity index (χ3v) is 3.15. The van der Waals surface area contributed by atoms with E-state index in [9.17, 15) is 9.50 Å². The van der Waals surface area contributed by atoms with Crippen LogP contribution >= 0.6 is 15.9 Å². The number of rotatable bonds is 3. The highest BCUT2D eigenvalue weighted by molar-refractivity contribution is 9.10. The first-order valence-electron chi connectivity index (χ1n) is 4.58. The largest absolute Gasteiger partial charge is 0.385 e. The molecule has 0 amide bonds. The summed E-state index contributed by atoms with van der Waals surface area (Å²) in [7, 11) is 0. The van der Waals surface area contributed by atoms with E-state index in [1.54, 1.807) is 6.07 Å². The Labute approximate surface area is 91.3 Å². The van der Waals surface area contributed by atoms with E-state index in [1.807, 2.05) is 13.8 Å². The Morgan fingerprint density at radius 1 is 1.50 bits per heavy atom. The molecule has 1 rings (SSSR count). The van der Waals surface area contributed by atoms with Gasteiger partial charge < -0.3 is 5.11 Å². The topological polar surface area (TPSA) is 33.1 Å². The number of aliphatic hydroxyl groups is 1. The standard InChI is InChI=1S/C10H13BrFNO/c1-3-10(14,4-2)8-7(11)5-6-13-9(8)12/h5-6,14H,3-4H2,1-2H3. The number of aromatic nitrogens is 1. The molecule has 1 aromatic rings. The van der Waals surface area contributed by atoms with E-state index in [1.165, 1.54) is 6.20 Å². The Kier molecular flexibility index (Phi) is 3.61. The van der Waals surface area contributed by atoms with E-state index in [4.69, 9.17) is 0 Å². The third-order valence-electron chi connectivity index (χ3n) is 2.49. The van der Waals surface area contributed by atoms with Crippen molar-refractivity contribution in [3.63, 3.8) is 0 Å². The first-order chi connectivity index (χ1) is 6.55. The summed E-state index contributed by atoms with van der Waals surface area (Å²) in [4.78, 5) is 3.55. The zero-order chi connectivity index (χ0) is 10.8. The van der Waals surface area contributed by atoms with Crippen LogP contribution < -0.4 is 0 Å². The third kappa shape index (κ3) is 1.96. The molecule has 0 aliphatic carbocycles. The van der Waals surface area contributed by atoms with Gasteiger partial charge in [-0.05, 0) is 18.9 Å². The normalized spacial score (nSPS) is 11.8. The first kappa shape index (κ1) is 11.6. The molecule has 2 nitrogen and oxygen atoms in total. The molecule has 0 bridgehead atoms. The summed E-state index contributed by atoms with van der Waals surface area (Å²) in [6, 6.07) is 1.63. The van der Waals surface area contributed by atoms with Crippen molar-refractivity contribution in [2.24, 2.45) is 0 Å². The molecule has 0 spiro atoms. The SMILES string of the molecule is CCC(O)(CC)c1c(Br)ccnc1F. The molecule has 0 radical (unpaired) electrons. The molecule has 0 aliphatic heterocycles. The van der Waals surface area contributed by atoms with Crippen molar-refractivity contribution in [2.45, 2.75) is 32.3 Å². The maximum atomic E-state index is 13.4. The van der Waals surface area contributed by atoms with Crippen LogP contribution in [0.5, 0.6) is 0 Å². The van der Waals surface area contributed by atoms with E-state index >= 15 is 0 Å². The predicted molar refractivity (Wildman–Crippen MR) is 56.4 cm³/mol. The number of pyridine rings is 1. The summed E-state index contributed by atoms with van der Waals surface area (Å²) in [5.41, 5.74) is -0.873. The molecule has 0 fully saturated rings. The molecule has 0 saturated heterocycles. The highest BCUT2D eigenvalue weighted by Gasteiger charge is 2.30. The van der Waals surface area contributed by atoms with Gasteiger partial charge in [0.2, 0.25) is 5.95 Å². The fraction of sp³-hybridized carbons (Fsp3) is 0.500. The summed E-state index contributed by atoms with van der Waals surface area (Å²) in [5, 5.41) is 10.2. The Balaban J connectivity index is 3.29. The minimum atomic E-state index is -1.13. The minimum absolute atomic E-state index is 0.255. The Bertz CT molecular complexity index is 306. The maximum Gasteiger partial charge on any atom is 0.220 e. The van der Waals surface area contributed by atoms with Crippen molar-refractivity contribution in [2.75, 3.05) is 0 Å². The Morgan fingerprint density at radius 2 is 2.07 bits per heavy atom. The molecule has 14 heavy (non-hydrogen) atoms. The van der Waals surface area contributed by atoms with Crippen LogP contribution in [0.1, 0.15) is 32.3 Å². The molecule has 1 N–H and O–H groups in total. The predicted octanol–water partition coefficient (Wildman–Crippen LogP) is 2.99. The molecule has 4 heteroatoms. The van der Waals surface area contributed by atoms with Gasteiger partial charge in [-0.2, -0.15) is 4.39 Å². The van der Waals surface area contributed by atoms with Crippen molar-refractivity contribution >= 4 is 15.9 Å². The van der Waals surface area contributed by atoms with Crippen LogP contribution in [0.25, 0.3) is 0 Å². The average Bonchev–Trinajstić information content (AvgIpc) is 2.17. The van der Waals surface area contributed by atoms with Gasteiger partial charge in [-0.25, -0.2) is 4.98 Å².